The van der Waals surface area contributed by atoms with Crippen molar-refractivity contribution in [1.82, 2.24) is 20.1 Å². The third-order valence-electron chi connectivity index (χ3n) is 5.10. The summed E-state index contributed by atoms with van der Waals surface area (Å²) in [6.45, 7) is 3.90. The van der Waals surface area contributed by atoms with E-state index in [9.17, 15) is 4.79 Å². The van der Waals surface area contributed by atoms with Gasteiger partial charge in [0.1, 0.15) is 11.4 Å². The Bertz CT molecular complexity index is 965. The van der Waals surface area contributed by atoms with Crippen molar-refractivity contribution in [2.45, 2.75) is 24.9 Å². The fourth-order valence-electron chi connectivity index (χ4n) is 3.59. The first-order chi connectivity index (χ1) is 14.2. The zero-order valence-corrected chi connectivity index (χ0v) is 17.3. The number of rotatable bonds is 5. The summed E-state index contributed by atoms with van der Waals surface area (Å²) in [5.41, 5.74) is 3.49. The number of amides is 1. The van der Waals surface area contributed by atoms with Crippen LogP contribution >= 0.6 is 11.8 Å². The van der Waals surface area contributed by atoms with Crippen LogP contribution in [0.3, 0.4) is 0 Å². The molecule has 1 aromatic heterocycles. The Morgan fingerprint density at radius 1 is 1.00 bits per heavy atom. The van der Waals surface area contributed by atoms with Gasteiger partial charge in [0.2, 0.25) is 11.1 Å². The maximum atomic E-state index is 12.6. The number of hydrogen-bond donors (Lipinski definition) is 0. The highest BCUT2D eigenvalue weighted by atomic mass is 32.2. The summed E-state index contributed by atoms with van der Waals surface area (Å²) >= 11 is 1.36. The third-order valence-corrected chi connectivity index (χ3v) is 5.92. The molecule has 1 fully saturated rings. The summed E-state index contributed by atoms with van der Waals surface area (Å²) in [6.07, 6.45) is 2.28. The topological polar surface area (TPSA) is 59.0 Å². The zero-order chi connectivity index (χ0) is 20.1. The molecule has 2 heterocycles. The molecule has 0 spiro atoms. The molecule has 0 N–H and O–H groups in total. The molecule has 1 atom stereocenters. The molecule has 29 heavy (non-hydrogen) atoms. The van der Waals surface area contributed by atoms with Crippen molar-refractivity contribution < 1.29 is 4.79 Å². The highest BCUT2D eigenvalue weighted by Gasteiger charge is 2.21. The smallest absolute Gasteiger partial charge is 0.233 e. The van der Waals surface area contributed by atoms with E-state index in [-0.39, 0.29) is 5.91 Å². The molecule has 4 rings (SSSR count). The van der Waals surface area contributed by atoms with Gasteiger partial charge in [-0.05, 0) is 18.8 Å². The van der Waals surface area contributed by atoms with Crippen molar-refractivity contribution >= 4 is 17.7 Å². The van der Waals surface area contributed by atoms with Gasteiger partial charge in [0.15, 0.2) is 0 Å². The highest BCUT2D eigenvalue weighted by Crippen LogP contribution is 2.29. The summed E-state index contributed by atoms with van der Waals surface area (Å²) < 4.78 is 0. The lowest BCUT2D eigenvalue weighted by atomic mass is 10.0. The summed E-state index contributed by atoms with van der Waals surface area (Å²) in [4.78, 5) is 19.3. The second-order valence-corrected chi connectivity index (χ2v) is 8.34. The lowest BCUT2D eigenvalue weighted by Gasteiger charge is -2.30. The fraction of sp³-hybridized carbons (Fsp3) is 0.304. The van der Waals surface area contributed by atoms with E-state index in [1.807, 2.05) is 65.6 Å². The van der Waals surface area contributed by atoms with E-state index in [2.05, 4.69) is 17.1 Å². The molecule has 0 radical (unpaired) electrons. The van der Waals surface area contributed by atoms with E-state index in [0.29, 0.717) is 16.8 Å². The Morgan fingerprint density at radius 3 is 2.31 bits per heavy atom. The van der Waals surface area contributed by atoms with E-state index in [1.54, 1.807) is 0 Å². The Balaban J connectivity index is 1.56. The van der Waals surface area contributed by atoms with Gasteiger partial charge in [-0.15, -0.1) is 10.2 Å². The molecule has 1 saturated heterocycles. The van der Waals surface area contributed by atoms with Gasteiger partial charge < -0.3 is 4.90 Å². The van der Waals surface area contributed by atoms with E-state index >= 15 is 0 Å². The van der Waals surface area contributed by atoms with Crippen LogP contribution in [0.1, 0.15) is 19.8 Å². The summed E-state index contributed by atoms with van der Waals surface area (Å²) in [7, 11) is 0. The predicted octanol–water partition coefficient (Wildman–Crippen LogP) is 4.56. The van der Waals surface area contributed by atoms with Crippen molar-refractivity contribution in [2.24, 2.45) is 5.92 Å². The molecule has 0 unspecified atom stereocenters. The Labute approximate surface area is 175 Å². The van der Waals surface area contributed by atoms with E-state index < -0.39 is 0 Å². The SMILES string of the molecule is C[C@@H]1CCCN(C(=O)CSc2nnc(-c3ccccc3)c(-c3ccccc3)n2)C1. The molecular weight excluding hydrogens is 380 g/mol. The van der Waals surface area contributed by atoms with Crippen LogP contribution in [0.4, 0.5) is 0 Å². The number of likely N-dealkylation sites (tertiary alicyclic amines) is 1. The molecule has 148 valence electrons. The molecular formula is C23H24N4OS. The van der Waals surface area contributed by atoms with Crippen molar-refractivity contribution in [1.29, 1.82) is 0 Å². The number of carbonyl (C=O) groups is 1. The van der Waals surface area contributed by atoms with Crippen LogP contribution in [-0.2, 0) is 4.79 Å². The van der Waals surface area contributed by atoms with Crippen molar-refractivity contribution in [3.05, 3.63) is 60.7 Å². The lowest BCUT2D eigenvalue weighted by molar-refractivity contribution is -0.130. The van der Waals surface area contributed by atoms with Crippen LogP contribution in [0.2, 0.25) is 0 Å². The summed E-state index contributed by atoms with van der Waals surface area (Å²) in [5, 5.41) is 9.30. The number of hydrogen-bond acceptors (Lipinski definition) is 5. The monoisotopic (exact) mass is 404 g/mol. The largest absolute Gasteiger partial charge is 0.342 e. The van der Waals surface area contributed by atoms with Crippen LogP contribution in [0.15, 0.2) is 65.8 Å². The third kappa shape index (κ3) is 4.82. The van der Waals surface area contributed by atoms with Crippen molar-refractivity contribution in [3.63, 3.8) is 0 Å². The summed E-state index contributed by atoms with van der Waals surface area (Å²) in [5.74, 6) is 1.07. The van der Waals surface area contributed by atoms with Crippen molar-refractivity contribution in [2.75, 3.05) is 18.8 Å². The minimum atomic E-state index is 0.151. The van der Waals surface area contributed by atoms with E-state index in [0.717, 1.165) is 42.0 Å². The lowest BCUT2D eigenvalue weighted by Crippen LogP contribution is -2.40. The fourth-order valence-corrected chi connectivity index (χ4v) is 4.28. The number of nitrogens with zero attached hydrogens (tertiary/aromatic N) is 4. The number of benzene rings is 2. The number of aromatic nitrogens is 3. The van der Waals surface area contributed by atoms with Gasteiger partial charge in [-0.3, -0.25) is 4.79 Å². The molecule has 5 nitrogen and oxygen atoms in total. The second kappa shape index (κ2) is 9.18. The number of piperidine rings is 1. The molecule has 3 aromatic rings. The Morgan fingerprint density at radius 2 is 1.66 bits per heavy atom. The Hall–Kier alpha value is -2.73. The average molecular weight is 405 g/mol. The molecule has 6 heteroatoms. The maximum absolute atomic E-state index is 12.6. The second-order valence-electron chi connectivity index (χ2n) is 7.40. The minimum Gasteiger partial charge on any atom is -0.342 e. The molecule has 1 aliphatic heterocycles. The van der Waals surface area contributed by atoms with Gasteiger partial charge in [0.05, 0.1) is 5.75 Å². The molecule has 0 saturated carbocycles. The van der Waals surface area contributed by atoms with Crippen LogP contribution < -0.4 is 0 Å². The molecule has 1 amide bonds. The quantitative estimate of drug-likeness (QED) is 0.584. The molecule has 0 bridgehead atoms. The van der Waals surface area contributed by atoms with Crippen LogP contribution in [0.5, 0.6) is 0 Å². The van der Waals surface area contributed by atoms with Gasteiger partial charge >= 0.3 is 0 Å². The van der Waals surface area contributed by atoms with Crippen molar-refractivity contribution in [3.8, 4) is 22.5 Å². The predicted molar refractivity (Wildman–Crippen MR) is 116 cm³/mol. The number of carbonyl (C=O) groups excluding carboxylic acids is 1. The van der Waals surface area contributed by atoms with Gasteiger partial charge in [-0.1, -0.05) is 79.3 Å². The van der Waals surface area contributed by atoms with Gasteiger partial charge in [-0.25, -0.2) is 4.98 Å². The summed E-state index contributed by atoms with van der Waals surface area (Å²) in [6, 6.07) is 19.9. The Kier molecular flexibility index (Phi) is 6.20. The first kappa shape index (κ1) is 19.6. The molecule has 2 aromatic carbocycles. The van der Waals surface area contributed by atoms with Gasteiger partial charge in [0.25, 0.3) is 0 Å². The van der Waals surface area contributed by atoms with Gasteiger partial charge in [0, 0.05) is 24.2 Å². The normalized spacial score (nSPS) is 16.6. The minimum absolute atomic E-state index is 0.151. The standard InChI is InChI=1S/C23H24N4OS/c1-17-9-8-14-27(15-17)20(28)16-29-23-24-21(18-10-4-2-5-11-18)22(25-26-23)19-12-6-3-7-13-19/h2-7,10-13,17H,8-9,14-16H2,1H3/t17-/m1/s1. The van der Waals surface area contributed by atoms with Crippen LogP contribution in [0, 0.1) is 5.92 Å². The van der Waals surface area contributed by atoms with E-state index in [1.165, 1.54) is 18.2 Å². The number of thioether (sulfide) groups is 1. The molecule has 0 aliphatic carbocycles. The molecule has 1 aliphatic rings. The van der Waals surface area contributed by atoms with Crippen LogP contribution in [0.25, 0.3) is 22.5 Å². The van der Waals surface area contributed by atoms with Gasteiger partial charge in [-0.2, -0.15) is 0 Å². The maximum Gasteiger partial charge on any atom is 0.233 e. The first-order valence-electron chi connectivity index (χ1n) is 9.97. The van der Waals surface area contributed by atoms with Crippen LogP contribution in [-0.4, -0.2) is 44.8 Å². The zero-order valence-electron chi connectivity index (χ0n) is 16.5. The highest BCUT2D eigenvalue weighted by molar-refractivity contribution is 7.99. The average Bonchev–Trinajstić information content (AvgIpc) is 2.78. The van der Waals surface area contributed by atoms with E-state index in [4.69, 9.17) is 4.98 Å². The first-order valence-corrected chi connectivity index (χ1v) is 11.0.